The molecule has 0 radical (unpaired) electrons. The molecule has 0 aromatic heterocycles. The summed E-state index contributed by atoms with van der Waals surface area (Å²) in [5, 5.41) is 3.34. The minimum Gasteiger partial charge on any atom is -0.372 e. The van der Waals surface area contributed by atoms with E-state index in [0.29, 0.717) is 6.61 Å². The maximum atomic E-state index is 5.34. The van der Waals surface area contributed by atoms with E-state index in [-0.39, 0.29) is 0 Å². The number of aliphatic imine (C=N–C) groups is 1. The topological polar surface area (TPSA) is 33.6 Å². The number of ether oxygens (including phenoxy) is 1. The van der Waals surface area contributed by atoms with Gasteiger partial charge in [0.15, 0.2) is 0 Å². The minimum atomic E-state index is 0.591. The van der Waals surface area contributed by atoms with Crippen molar-refractivity contribution in [3.63, 3.8) is 0 Å². The molecule has 2 rings (SSSR count). The maximum Gasteiger partial charge on any atom is 0.127 e. The molecule has 0 bridgehead atoms. The van der Waals surface area contributed by atoms with Crippen LogP contribution in [0.2, 0.25) is 0 Å². The highest BCUT2D eigenvalue weighted by Gasteiger charge is 2.08. The zero-order valence-electron chi connectivity index (χ0n) is 9.21. The number of anilines is 1. The number of benzene rings is 1. The van der Waals surface area contributed by atoms with E-state index in [2.05, 4.69) is 42.4 Å². The van der Waals surface area contributed by atoms with Crippen LogP contribution in [0.15, 0.2) is 23.2 Å². The van der Waals surface area contributed by atoms with E-state index in [0.717, 1.165) is 24.7 Å². The molecule has 0 spiro atoms. The molecule has 0 aliphatic carbocycles. The fourth-order valence-electron chi connectivity index (χ4n) is 1.69. The van der Waals surface area contributed by atoms with Gasteiger partial charge in [-0.3, -0.25) is 4.99 Å². The Morgan fingerprint density at radius 1 is 1.27 bits per heavy atom. The van der Waals surface area contributed by atoms with Crippen LogP contribution in [-0.4, -0.2) is 25.6 Å². The highest BCUT2D eigenvalue weighted by molar-refractivity contribution is 5.97. The zero-order valence-corrected chi connectivity index (χ0v) is 9.21. The van der Waals surface area contributed by atoms with Gasteiger partial charge in [0.1, 0.15) is 12.4 Å². The van der Waals surface area contributed by atoms with Gasteiger partial charge >= 0.3 is 0 Å². The van der Waals surface area contributed by atoms with Gasteiger partial charge in [0.2, 0.25) is 0 Å². The van der Waals surface area contributed by atoms with Crippen molar-refractivity contribution in [2.45, 2.75) is 13.8 Å². The first-order valence-electron chi connectivity index (χ1n) is 5.21. The maximum absolute atomic E-state index is 5.34. The number of rotatable bonds is 1. The number of nitrogens with zero attached hydrogens (tertiary/aromatic N) is 1. The third-order valence-corrected chi connectivity index (χ3v) is 2.53. The number of hydrogen-bond donors (Lipinski definition) is 1. The Hall–Kier alpha value is -1.35. The van der Waals surface area contributed by atoms with Crippen molar-refractivity contribution in [2.24, 2.45) is 4.99 Å². The fraction of sp³-hybridized carbons (Fsp3) is 0.417. The minimum absolute atomic E-state index is 0.591. The Morgan fingerprint density at radius 2 is 2.00 bits per heavy atom. The van der Waals surface area contributed by atoms with Crippen molar-refractivity contribution >= 4 is 11.5 Å². The van der Waals surface area contributed by atoms with Gasteiger partial charge in [-0.2, -0.15) is 0 Å². The Bertz CT molecular complexity index is 365. The molecular formula is C12H16N2O. The van der Waals surface area contributed by atoms with Crippen molar-refractivity contribution in [2.75, 3.05) is 25.1 Å². The molecule has 0 saturated carbocycles. The summed E-state index contributed by atoms with van der Waals surface area (Å²) in [6.07, 6.45) is 0. The van der Waals surface area contributed by atoms with E-state index in [1.807, 2.05) is 0 Å². The molecule has 3 nitrogen and oxygen atoms in total. The van der Waals surface area contributed by atoms with E-state index < -0.39 is 0 Å². The molecule has 3 heteroatoms. The van der Waals surface area contributed by atoms with Gasteiger partial charge in [0.05, 0.1) is 13.2 Å². The fourth-order valence-corrected chi connectivity index (χ4v) is 1.69. The molecule has 80 valence electrons. The summed E-state index contributed by atoms with van der Waals surface area (Å²) in [5.74, 6) is 0.929. The van der Waals surface area contributed by atoms with Crippen LogP contribution in [-0.2, 0) is 4.74 Å². The van der Waals surface area contributed by atoms with E-state index in [1.54, 1.807) is 0 Å². The molecule has 15 heavy (non-hydrogen) atoms. The first-order valence-corrected chi connectivity index (χ1v) is 5.21. The Labute approximate surface area is 90.2 Å². The molecule has 0 fully saturated rings. The zero-order chi connectivity index (χ0) is 10.7. The van der Waals surface area contributed by atoms with Crippen LogP contribution >= 0.6 is 0 Å². The highest BCUT2D eigenvalue weighted by Crippen LogP contribution is 2.19. The second-order valence-corrected chi connectivity index (χ2v) is 3.77. The monoisotopic (exact) mass is 204 g/mol. The van der Waals surface area contributed by atoms with Crippen molar-refractivity contribution in [1.29, 1.82) is 0 Å². The van der Waals surface area contributed by atoms with Gasteiger partial charge in [0.25, 0.3) is 0 Å². The van der Waals surface area contributed by atoms with Crippen LogP contribution in [0.4, 0.5) is 5.69 Å². The predicted octanol–water partition coefficient (Wildman–Crippen LogP) is 2.14. The van der Waals surface area contributed by atoms with Crippen molar-refractivity contribution in [3.05, 3.63) is 29.3 Å². The van der Waals surface area contributed by atoms with Crippen LogP contribution < -0.4 is 5.32 Å². The SMILES string of the molecule is Cc1cccc(C)c1NC1=NCCOC1. The number of nitrogens with one attached hydrogen (secondary N) is 1. The lowest BCUT2D eigenvalue weighted by Gasteiger charge is -2.17. The smallest absolute Gasteiger partial charge is 0.127 e. The Balaban J connectivity index is 2.19. The molecule has 1 aromatic carbocycles. The van der Waals surface area contributed by atoms with Crippen LogP contribution in [0, 0.1) is 13.8 Å². The molecule has 0 saturated heterocycles. The van der Waals surface area contributed by atoms with E-state index in [1.165, 1.54) is 11.1 Å². The van der Waals surface area contributed by atoms with Gasteiger partial charge in [-0.25, -0.2) is 0 Å². The second kappa shape index (κ2) is 4.45. The lowest BCUT2D eigenvalue weighted by molar-refractivity contribution is 0.171. The Kier molecular flexibility index (Phi) is 3.02. The first-order chi connectivity index (χ1) is 7.27. The average Bonchev–Trinajstić information content (AvgIpc) is 2.25. The molecule has 0 atom stereocenters. The Morgan fingerprint density at radius 3 is 2.60 bits per heavy atom. The second-order valence-electron chi connectivity index (χ2n) is 3.77. The molecule has 1 aliphatic heterocycles. The quantitative estimate of drug-likeness (QED) is 0.760. The number of hydrogen-bond acceptors (Lipinski definition) is 3. The average molecular weight is 204 g/mol. The van der Waals surface area contributed by atoms with Crippen LogP contribution in [0.1, 0.15) is 11.1 Å². The van der Waals surface area contributed by atoms with Crippen molar-refractivity contribution in [1.82, 2.24) is 0 Å². The van der Waals surface area contributed by atoms with Gasteiger partial charge in [-0.1, -0.05) is 18.2 Å². The van der Waals surface area contributed by atoms with Gasteiger partial charge < -0.3 is 10.1 Å². The van der Waals surface area contributed by atoms with Gasteiger partial charge in [-0.15, -0.1) is 0 Å². The lowest BCUT2D eigenvalue weighted by atomic mass is 10.1. The first kappa shape index (κ1) is 10.2. The normalized spacial score (nSPS) is 16.0. The summed E-state index contributed by atoms with van der Waals surface area (Å²) < 4.78 is 5.34. The molecular weight excluding hydrogens is 188 g/mol. The van der Waals surface area contributed by atoms with E-state index in [9.17, 15) is 0 Å². The molecule has 1 aromatic rings. The van der Waals surface area contributed by atoms with Crippen molar-refractivity contribution < 1.29 is 4.74 Å². The van der Waals surface area contributed by atoms with Gasteiger partial charge in [0, 0.05) is 5.69 Å². The molecule has 1 aliphatic rings. The third-order valence-electron chi connectivity index (χ3n) is 2.53. The molecule has 0 amide bonds. The summed E-state index contributed by atoms with van der Waals surface area (Å²) in [6, 6.07) is 6.26. The summed E-state index contributed by atoms with van der Waals surface area (Å²) in [4.78, 5) is 4.39. The van der Waals surface area contributed by atoms with Crippen LogP contribution in [0.25, 0.3) is 0 Å². The molecule has 1 N–H and O–H groups in total. The van der Waals surface area contributed by atoms with Gasteiger partial charge in [-0.05, 0) is 25.0 Å². The number of aryl methyl sites for hydroxylation is 2. The van der Waals surface area contributed by atoms with Crippen molar-refractivity contribution in [3.8, 4) is 0 Å². The largest absolute Gasteiger partial charge is 0.372 e. The van der Waals surface area contributed by atoms with E-state index >= 15 is 0 Å². The number of amidine groups is 1. The summed E-state index contributed by atoms with van der Waals surface area (Å²) in [5.41, 5.74) is 3.63. The standard InChI is InChI=1S/C12H16N2O/c1-9-4-3-5-10(2)12(9)14-11-8-15-7-6-13-11/h3-5H,6-8H2,1-2H3,(H,13,14). The lowest BCUT2D eigenvalue weighted by Crippen LogP contribution is -2.25. The summed E-state index contributed by atoms with van der Waals surface area (Å²) in [7, 11) is 0. The number of para-hydroxylation sites is 1. The summed E-state index contributed by atoms with van der Waals surface area (Å²) >= 11 is 0. The third kappa shape index (κ3) is 2.36. The molecule has 0 unspecified atom stereocenters. The van der Waals surface area contributed by atoms with Crippen LogP contribution in [0.3, 0.4) is 0 Å². The predicted molar refractivity (Wildman–Crippen MR) is 62.7 cm³/mol. The molecule has 1 heterocycles. The highest BCUT2D eigenvalue weighted by atomic mass is 16.5. The van der Waals surface area contributed by atoms with Crippen LogP contribution in [0.5, 0.6) is 0 Å². The summed E-state index contributed by atoms with van der Waals surface area (Å²) in [6.45, 7) is 6.28. The van der Waals surface area contributed by atoms with E-state index in [4.69, 9.17) is 4.74 Å².